The summed E-state index contributed by atoms with van der Waals surface area (Å²) in [6.07, 6.45) is 1.83. The lowest BCUT2D eigenvalue weighted by molar-refractivity contribution is 0.0693. The normalized spacial score (nSPS) is 10.7. The van der Waals surface area contributed by atoms with Crippen LogP contribution in [0.25, 0.3) is 5.65 Å². The number of carbonyl (C=O) groups is 1. The fraction of sp³-hybridized carbons (Fsp3) is 0.0714. The van der Waals surface area contributed by atoms with Crippen molar-refractivity contribution < 1.29 is 14.6 Å². The van der Waals surface area contributed by atoms with Crippen molar-refractivity contribution in [3.05, 3.63) is 48.2 Å². The Labute approximate surface area is 124 Å². The molecule has 3 aromatic rings. The lowest BCUT2D eigenvalue weighted by atomic mass is 10.2. The van der Waals surface area contributed by atoms with Crippen molar-refractivity contribution in [1.82, 2.24) is 14.6 Å². The molecular formula is C14H11N3O3S. The van der Waals surface area contributed by atoms with Gasteiger partial charge in [-0.3, -0.25) is 4.40 Å². The predicted octanol–water partition coefficient (Wildman–Crippen LogP) is 2.59. The van der Waals surface area contributed by atoms with E-state index in [0.29, 0.717) is 21.4 Å². The van der Waals surface area contributed by atoms with Gasteiger partial charge in [0.1, 0.15) is 5.75 Å². The fourth-order valence-electron chi connectivity index (χ4n) is 1.88. The Hall–Kier alpha value is -2.54. The lowest BCUT2D eigenvalue weighted by Gasteiger charge is -2.07. The first-order valence-electron chi connectivity index (χ1n) is 6.08. The van der Waals surface area contributed by atoms with Gasteiger partial charge in [-0.25, -0.2) is 4.79 Å². The number of ether oxygens (including phenoxy) is 1. The number of hydrogen-bond donors (Lipinski definition) is 1. The Morgan fingerprint density at radius 1 is 1.29 bits per heavy atom. The van der Waals surface area contributed by atoms with Crippen LogP contribution in [0.15, 0.2) is 52.6 Å². The van der Waals surface area contributed by atoms with E-state index in [-0.39, 0.29) is 5.56 Å². The Morgan fingerprint density at radius 3 is 2.90 bits per heavy atom. The van der Waals surface area contributed by atoms with Gasteiger partial charge >= 0.3 is 5.97 Å². The van der Waals surface area contributed by atoms with Crippen molar-refractivity contribution >= 4 is 23.4 Å². The molecule has 0 aliphatic carbocycles. The van der Waals surface area contributed by atoms with Gasteiger partial charge in [-0.15, -0.1) is 10.2 Å². The number of fused-ring (bicyclic) bond motifs is 1. The third-order valence-electron chi connectivity index (χ3n) is 2.90. The zero-order valence-corrected chi connectivity index (χ0v) is 11.9. The summed E-state index contributed by atoms with van der Waals surface area (Å²) in [5.41, 5.74) is 0.910. The van der Waals surface area contributed by atoms with E-state index in [9.17, 15) is 9.90 Å². The van der Waals surface area contributed by atoms with Crippen molar-refractivity contribution in [1.29, 1.82) is 0 Å². The number of rotatable bonds is 4. The highest BCUT2D eigenvalue weighted by Gasteiger charge is 2.15. The van der Waals surface area contributed by atoms with E-state index in [1.54, 1.807) is 16.5 Å². The van der Waals surface area contributed by atoms with Crippen LogP contribution < -0.4 is 4.74 Å². The topological polar surface area (TPSA) is 76.7 Å². The number of aromatic nitrogens is 3. The predicted molar refractivity (Wildman–Crippen MR) is 77.1 cm³/mol. The van der Waals surface area contributed by atoms with E-state index in [0.717, 1.165) is 0 Å². The molecule has 6 nitrogen and oxygen atoms in total. The highest BCUT2D eigenvalue weighted by molar-refractivity contribution is 7.99. The molecule has 1 aromatic carbocycles. The van der Waals surface area contributed by atoms with Crippen LogP contribution >= 0.6 is 11.8 Å². The van der Waals surface area contributed by atoms with E-state index in [4.69, 9.17) is 4.74 Å². The summed E-state index contributed by atoms with van der Waals surface area (Å²) in [6, 6.07) is 10.4. The van der Waals surface area contributed by atoms with Gasteiger partial charge in [0.25, 0.3) is 0 Å². The maximum Gasteiger partial charge on any atom is 0.336 e. The second kappa shape index (κ2) is 5.45. The molecule has 3 rings (SSSR count). The van der Waals surface area contributed by atoms with Gasteiger partial charge in [0, 0.05) is 11.1 Å². The van der Waals surface area contributed by atoms with E-state index < -0.39 is 5.97 Å². The van der Waals surface area contributed by atoms with Crippen LogP contribution in [0.3, 0.4) is 0 Å². The molecule has 0 aliphatic rings. The first kappa shape index (κ1) is 13.4. The standard InChI is InChI=1S/C14H11N3O3S/c1-20-9-5-6-10(13(18)19)11(8-9)21-14-16-15-12-4-2-3-7-17(12)14/h2-8H,1H3,(H,18,19). The minimum Gasteiger partial charge on any atom is -0.497 e. The Kier molecular flexibility index (Phi) is 3.49. The van der Waals surface area contributed by atoms with Crippen LogP contribution in [-0.4, -0.2) is 32.8 Å². The number of carboxylic acids is 1. The second-order valence-electron chi connectivity index (χ2n) is 4.18. The van der Waals surface area contributed by atoms with Gasteiger partial charge in [0.05, 0.1) is 12.7 Å². The number of methoxy groups -OCH3 is 1. The van der Waals surface area contributed by atoms with Crippen LogP contribution in [0.2, 0.25) is 0 Å². The summed E-state index contributed by atoms with van der Waals surface area (Å²) >= 11 is 1.24. The second-order valence-corrected chi connectivity index (χ2v) is 5.19. The minimum absolute atomic E-state index is 0.202. The molecule has 1 N–H and O–H groups in total. The highest BCUT2D eigenvalue weighted by Crippen LogP contribution is 2.32. The van der Waals surface area contributed by atoms with Crippen molar-refractivity contribution in [2.75, 3.05) is 7.11 Å². The SMILES string of the molecule is COc1ccc(C(=O)O)c(Sc2nnc3ccccn23)c1. The summed E-state index contributed by atoms with van der Waals surface area (Å²) in [5.74, 6) is -0.398. The lowest BCUT2D eigenvalue weighted by Crippen LogP contribution is -2.00. The van der Waals surface area contributed by atoms with Gasteiger partial charge in [-0.1, -0.05) is 6.07 Å². The Balaban J connectivity index is 2.06. The maximum absolute atomic E-state index is 11.3. The summed E-state index contributed by atoms with van der Waals surface area (Å²) in [5, 5.41) is 18.0. The average molecular weight is 301 g/mol. The van der Waals surface area contributed by atoms with E-state index >= 15 is 0 Å². The van der Waals surface area contributed by atoms with Crippen molar-refractivity contribution in [2.45, 2.75) is 10.1 Å². The molecule has 106 valence electrons. The summed E-state index contributed by atoms with van der Waals surface area (Å²) in [6.45, 7) is 0. The van der Waals surface area contributed by atoms with Crippen LogP contribution in [0.4, 0.5) is 0 Å². The summed E-state index contributed by atoms with van der Waals surface area (Å²) < 4.78 is 6.95. The Bertz CT molecular complexity index is 816. The molecule has 2 heterocycles. The molecule has 0 radical (unpaired) electrons. The first-order valence-corrected chi connectivity index (χ1v) is 6.89. The van der Waals surface area contributed by atoms with Gasteiger partial charge in [-0.2, -0.15) is 0 Å². The third kappa shape index (κ3) is 2.55. The molecule has 0 fully saturated rings. The van der Waals surface area contributed by atoms with Crippen LogP contribution in [0.1, 0.15) is 10.4 Å². The molecular weight excluding hydrogens is 290 g/mol. The number of aromatic carboxylic acids is 1. The molecule has 7 heteroatoms. The van der Waals surface area contributed by atoms with E-state index in [1.807, 2.05) is 24.4 Å². The molecule has 0 atom stereocenters. The number of hydrogen-bond acceptors (Lipinski definition) is 5. The van der Waals surface area contributed by atoms with Crippen LogP contribution in [-0.2, 0) is 0 Å². The largest absolute Gasteiger partial charge is 0.497 e. The molecule has 0 saturated carbocycles. The highest BCUT2D eigenvalue weighted by atomic mass is 32.2. The van der Waals surface area contributed by atoms with Gasteiger partial charge in [-0.05, 0) is 42.1 Å². The van der Waals surface area contributed by atoms with Gasteiger partial charge in [0.15, 0.2) is 10.8 Å². The van der Waals surface area contributed by atoms with Crippen LogP contribution in [0.5, 0.6) is 5.75 Å². The monoisotopic (exact) mass is 301 g/mol. The van der Waals surface area contributed by atoms with E-state index in [2.05, 4.69) is 10.2 Å². The molecule has 0 spiro atoms. The zero-order chi connectivity index (χ0) is 14.8. The maximum atomic E-state index is 11.3. The van der Waals surface area contributed by atoms with Crippen molar-refractivity contribution in [3.63, 3.8) is 0 Å². The number of carboxylic acid groups (broad SMARTS) is 1. The molecule has 21 heavy (non-hydrogen) atoms. The summed E-state index contributed by atoms with van der Waals surface area (Å²) in [4.78, 5) is 11.9. The van der Waals surface area contributed by atoms with Crippen LogP contribution in [0, 0.1) is 0 Å². The molecule has 0 amide bonds. The number of pyridine rings is 1. The Morgan fingerprint density at radius 2 is 2.14 bits per heavy atom. The number of nitrogens with zero attached hydrogens (tertiary/aromatic N) is 3. The van der Waals surface area contributed by atoms with Crippen molar-refractivity contribution in [2.24, 2.45) is 0 Å². The molecule has 0 saturated heterocycles. The summed E-state index contributed by atoms with van der Waals surface area (Å²) in [7, 11) is 1.54. The quantitative estimate of drug-likeness (QED) is 0.798. The minimum atomic E-state index is -0.992. The third-order valence-corrected chi connectivity index (χ3v) is 3.92. The number of benzene rings is 1. The molecule has 0 aliphatic heterocycles. The van der Waals surface area contributed by atoms with E-state index in [1.165, 1.54) is 24.9 Å². The molecule has 0 unspecified atom stereocenters. The fourth-order valence-corrected chi connectivity index (χ4v) is 2.85. The smallest absolute Gasteiger partial charge is 0.336 e. The van der Waals surface area contributed by atoms with Crippen molar-refractivity contribution in [3.8, 4) is 5.75 Å². The molecule has 0 bridgehead atoms. The average Bonchev–Trinajstić information content (AvgIpc) is 2.90. The van der Waals surface area contributed by atoms with Gasteiger partial charge < -0.3 is 9.84 Å². The van der Waals surface area contributed by atoms with Gasteiger partial charge in [0.2, 0.25) is 0 Å². The zero-order valence-electron chi connectivity index (χ0n) is 11.1. The first-order chi connectivity index (χ1) is 10.2. The molecule has 2 aromatic heterocycles.